The van der Waals surface area contributed by atoms with E-state index in [-0.39, 0.29) is 41.1 Å². The second-order valence-corrected chi connectivity index (χ2v) is 11.8. The molecule has 1 aliphatic heterocycles. The number of amides is 1. The Kier molecular flexibility index (Phi) is 6.64. The predicted octanol–water partition coefficient (Wildman–Crippen LogP) is 2.14. The first-order chi connectivity index (χ1) is 15.7. The molecule has 0 bridgehead atoms. The van der Waals surface area contributed by atoms with E-state index in [4.69, 9.17) is 0 Å². The van der Waals surface area contributed by atoms with Gasteiger partial charge in [0.1, 0.15) is 16.3 Å². The molecular weight excluding hydrogens is 462 g/mol. The van der Waals surface area contributed by atoms with Crippen molar-refractivity contribution >= 4 is 37.5 Å². The Morgan fingerprint density at radius 1 is 1.27 bits per heavy atom. The minimum Gasteiger partial charge on any atom is -0.350 e. The molecule has 0 radical (unpaired) electrons. The van der Waals surface area contributed by atoms with Crippen molar-refractivity contribution in [1.82, 2.24) is 24.2 Å². The Bertz CT molecular complexity index is 1320. The first-order valence-corrected chi connectivity index (χ1v) is 13.1. The van der Waals surface area contributed by atoms with E-state index in [1.54, 1.807) is 25.4 Å². The van der Waals surface area contributed by atoms with Crippen LogP contribution < -0.4 is 10.9 Å². The Morgan fingerprint density at radius 3 is 2.67 bits per heavy atom. The molecule has 4 heterocycles. The minimum atomic E-state index is -3.87. The fourth-order valence-corrected chi connectivity index (χ4v) is 7.73. The molecule has 9 nitrogen and oxygen atoms in total. The number of carbonyl (C=O) groups excluding carboxylic acids is 1. The zero-order valence-corrected chi connectivity index (χ0v) is 20.4. The molecule has 3 aromatic rings. The standard InChI is InChI=1S/C22H27N5O4S2/c1-14-7-15(2)11-27(10-14)33(30,31)20-16(3)32-21-19(20)22(29)26(13-25-21)12-18(28)24-9-17-5-4-6-23-8-17/h4-6,8,13-15H,7,9-12H2,1-3H3,(H,24,28)/t14-,15-/m0/s1. The van der Waals surface area contributed by atoms with E-state index in [0.717, 1.165) is 16.6 Å². The van der Waals surface area contributed by atoms with E-state index in [0.29, 0.717) is 22.8 Å². The molecule has 0 unspecified atom stereocenters. The van der Waals surface area contributed by atoms with Crippen molar-refractivity contribution in [3.05, 3.63) is 51.6 Å². The van der Waals surface area contributed by atoms with Crippen LogP contribution in [0.1, 0.15) is 30.7 Å². The highest BCUT2D eigenvalue weighted by Gasteiger charge is 2.35. The lowest BCUT2D eigenvalue weighted by atomic mass is 9.94. The number of nitrogens with one attached hydrogen (secondary N) is 1. The molecule has 3 aromatic heterocycles. The van der Waals surface area contributed by atoms with Crippen LogP contribution in [0.5, 0.6) is 0 Å². The van der Waals surface area contributed by atoms with Crippen LogP contribution in [0.15, 0.2) is 40.5 Å². The van der Waals surface area contributed by atoms with Crippen LogP contribution >= 0.6 is 11.3 Å². The summed E-state index contributed by atoms with van der Waals surface area (Å²) in [7, 11) is -3.87. The number of rotatable bonds is 6. The molecule has 1 fully saturated rings. The summed E-state index contributed by atoms with van der Waals surface area (Å²) in [6, 6.07) is 3.61. The molecule has 4 rings (SSSR count). The number of aromatic nitrogens is 3. The van der Waals surface area contributed by atoms with E-state index in [1.165, 1.54) is 22.0 Å². The molecule has 1 N–H and O–H groups in total. The van der Waals surface area contributed by atoms with E-state index < -0.39 is 15.6 Å². The maximum absolute atomic E-state index is 13.6. The van der Waals surface area contributed by atoms with Crippen LogP contribution in [0.2, 0.25) is 0 Å². The van der Waals surface area contributed by atoms with Crippen LogP contribution in [0, 0.1) is 18.8 Å². The predicted molar refractivity (Wildman–Crippen MR) is 126 cm³/mol. The molecule has 176 valence electrons. The summed E-state index contributed by atoms with van der Waals surface area (Å²) in [6.45, 7) is 6.64. The Hall–Kier alpha value is -2.63. The monoisotopic (exact) mass is 489 g/mol. The van der Waals surface area contributed by atoms with Gasteiger partial charge in [-0.2, -0.15) is 4.31 Å². The second kappa shape index (κ2) is 9.32. The number of fused-ring (bicyclic) bond motifs is 1. The zero-order chi connectivity index (χ0) is 23.8. The van der Waals surface area contributed by atoms with Gasteiger partial charge in [0.15, 0.2) is 0 Å². The summed E-state index contributed by atoms with van der Waals surface area (Å²) >= 11 is 1.18. The Morgan fingerprint density at radius 2 is 2.00 bits per heavy atom. The maximum Gasteiger partial charge on any atom is 0.263 e. The summed E-state index contributed by atoms with van der Waals surface area (Å²) < 4.78 is 29.8. The van der Waals surface area contributed by atoms with Gasteiger partial charge in [0.25, 0.3) is 5.56 Å². The quantitative estimate of drug-likeness (QED) is 0.567. The van der Waals surface area contributed by atoms with Crippen LogP contribution in [-0.2, 0) is 27.9 Å². The summed E-state index contributed by atoms with van der Waals surface area (Å²) in [4.78, 5) is 34.9. The van der Waals surface area contributed by atoms with Gasteiger partial charge in [0, 0.05) is 36.9 Å². The summed E-state index contributed by atoms with van der Waals surface area (Å²) in [5, 5.41) is 2.80. The average molecular weight is 490 g/mol. The highest BCUT2D eigenvalue weighted by atomic mass is 32.2. The third kappa shape index (κ3) is 4.85. The van der Waals surface area contributed by atoms with Gasteiger partial charge in [0.2, 0.25) is 15.9 Å². The average Bonchev–Trinajstić information content (AvgIpc) is 3.12. The summed E-state index contributed by atoms with van der Waals surface area (Å²) in [5.74, 6) is 0.108. The van der Waals surface area contributed by atoms with Gasteiger partial charge < -0.3 is 5.32 Å². The van der Waals surface area contributed by atoms with E-state index in [2.05, 4.69) is 15.3 Å². The largest absolute Gasteiger partial charge is 0.350 e. The van der Waals surface area contributed by atoms with Crippen LogP contribution in [0.3, 0.4) is 0 Å². The van der Waals surface area contributed by atoms with Gasteiger partial charge in [-0.15, -0.1) is 11.3 Å². The highest BCUT2D eigenvalue weighted by molar-refractivity contribution is 7.89. The van der Waals surface area contributed by atoms with Crippen molar-refractivity contribution in [2.45, 2.75) is 45.2 Å². The molecule has 0 aromatic carbocycles. The normalized spacial score (nSPS) is 19.6. The van der Waals surface area contributed by atoms with Crippen molar-refractivity contribution in [2.24, 2.45) is 11.8 Å². The smallest absolute Gasteiger partial charge is 0.263 e. The fourth-order valence-electron chi connectivity index (χ4n) is 4.38. The minimum absolute atomic E-state index is 0.0198. The number of nitrogens with zero attached hydrogens (tertiary/aromatic N) is 4. The number of aryl methyl sites for hydroxylation is 1. The molecule has 0 aliphatic carbocycles. The Labute approximate surface area is 196 Å². The van der Waals surface area contributed by atoms with Crippen LogP contribution in [-0.4, -0.2) is 46.3 Å². The van der Waals surface area contributed by atoms with Gasteiger partial charge in [-0.3, -0.25) is 19.1 Å². The van der Waals surface area contributed by atoms with Gasteiger partial charge in [0.05, 0.1) is 11.7 Å². The zero-order valence-electron chi connectivity index (χ0n) is 18.8. The lowest BCUT2D eigenvalue weighted by Gasteiger charge is -2.34. The molecule has 1 saturated heterocycles. The number of hydrogen-bond acceptors (Lipinski definition) is 7. The molecule has 2 atom stereocenters. The molecule has 33 heavy (non-hydrogen) atoms. The summed E-state index contributed by atoms with van der Waals surface area (Å²) in [5.41, 5.74) is 0.302. The highest BCUT2D eigenvalue weighted by Crippen LogP contribution is 2.35. The number of piperidine rings is 1. The van der Waals surface area contributed by atoms with E-state index in [1.807, 2.05) is 19.9 Å². The lowest BCUT2D eigenvalue weighted by molar-refractivity contribution is -0.121. The molecule has 0 saturated carbocycles. The van der Waals surface area contributed by atoms with Crippen LogP contribution in [0.25, 0.3) is 10.2 Å². The Balaban J connectivity index is 1.64. The molecule has 11 heteroatoms. The van der Waals surface area contributed by atoms with Gasteiger partial charge >= 0.3 is 0 Å². The third-order valence-electron chi connectivity index (χ3n) is 5.76. The fraction of sp³-hybridized carbons (Fsp3) is 0.455. The van der Waals surface area contributed by atoms with Crippen molar-refractivity contribution in [1.29, 1.82) is 0 Å². The van der Waals surface area contributed by atoms with Crippen molar-refractivity contribution in [3.63, 3.8) is 0 Å². The number of hydrogen-bond donors (Lipinski definition) is 1. The summed E-state index contributed by atoms with van der Waals surface area (Å²) in [6.07, 6.45) is 5.56. The molecule has 1 amide bonds. The SMILES string of the molecule is Cc1sc2ncn(CC(=O)NCc3cccnc3)c(=O)c2c1S(=O)(=O)N1C[C@@H](C)C[C@H](C)C1. The molecule has 1 aliphatic rings. The third-order valence-corrected chi connectivity index (χ3v) is 8.91. The van der Waals surface area contributed by atoms with Gasteiger partial charge in [-0.25, -0.2) is 13.4 Å². The van der Waals surface area contributed by atoms with Crippen molar-refractivity contribution < 1.29 is 13.2 Å². The molecular formula is C22H27N5O4S2. The van der Waals surface area contributed by atoms with Crippen molar-refractivity contribution in [3.8, 4) is 0 Å². The van der Waals surface area contributed by atoms with Gasteiger partial charge in [-0.05, 0) is 36.8 Å². The number of sulfonamides is 1. The van der Waals surface area contributed by atoms with Gasteiger partial charge in [-0.1, -0.05) is 19.9 Å². The number of thiophene rings is 1. The second-order valence-electron chi connectivity index (χ2n) is 8.75. The first-order valence-electron chi connectivity index (χ1n) is 10.8. The topological polar surface area (TPSA) is 114 Å². The maximum atomic E-state index is 13.6. The first kappa shape index (κ1) is 23.5. The van der Waals surface area contributed by atoms with Crippen molar-refractivity contribution in [2.75, 3.05) is 13.1 Å². The number of carbonyl (C=O) groups is 1. The van der Waals surface area contributed by atoms with Crippen LogP contribution in [0.4, 0.5) is 0 Å². The number of pyridine rings is 1. The molecule has 0 spiro atoms. The lowest BCUT2D eigenvalue weighted by Crippen LogP contribution is -2.43. The van der Waals surface area contributed by atoms with E-state index >= 15 is 0 Å². The van der Waals surface area contributed by atoms with E-state index in [9.17, 15) is 18.0 Å².